The maximum atomic E-state index is 12.7. The highest BCUT2D eigenvalue weighted by Gasteiger charge is 2.18. The molecule has 0 aliphatic rings. The minimum atomic E-state index is 0.0655. The lowest BCUT2D eigenvalue weighted by molar-refractivity contribution is -0.127. The van der Waals surface area contributed by atoms with Crippen molar-refractivity contribution in [3.05, 3.63) is 89.3 Å². The lowest BCUT2D eigenvalue weighted by atomic mass is 10.2. The summed E-state index contributed by atoms with van der Waals surface area (Å²) in [5, 5.41) is 11.6. The number of benzene rings is 2. The van der Waals surface area contributed by atoms with Crippen molar-refractivity contribution < 1.29 is 4.79 Å². The Morgan fingerprint density at radius 2 is 1.67 bits per heavy atom. The second kappa shape index (κ2) is 9.73. The highest BCUT2D eigenvalue weighted by molar-refractivity contribution is 7.99. The number of aromatic nitrogens is 3. The molecule has 0 atom stereocenters. The van der Waals surface area contributed by atoms with Crippen molar-refractivity contribution >= 4 is 29.0 Å². The van der Waals surface area contributed by atoms with E-state index >= 15 is 0 Å². The standard InChI is InChI=1S/C23H22N4OS2/c1-26(15-18-9-4-2-5-10-18)21(28)17-30-23-25-24-22(20-13-8-14-29-20)27(23)16-19-11-6-3-7-12-19/h2-14H,15-17H2,1H3. The quantitative estimate of drug-likeness (QED) is 0.374. The SMILES string of the molecule is CN(Cc1ccccc1)C(=O)CSc1nnc(-c2cccs2)n1Cc1ccccc1. The number of hydrogen-bond donors (Lipinski definition) is 0. The summed E-state index contributed by atoms with van der Waals surface area (Å²) in [6.07, 6.45) is 0. The fourth-order valence-corrected chi connectivity index (χ4v) is 4.67. The van der Waals surface area contributed by atoms with Crippen LogP contribution in [0.2, 0.25) is 0 Å². The highest BCUT2D eigenvalue weighted by atomic mass is 32.2. The number of carbonyl (C=O) groups is 1. The molecular weight excluding hydrogens is 412 g/mol. The molecule has 1 amide bonds. The van der Waals surface area contributed by atoms with E-state index in [1.165, 1.54) is 17.3 Å². The lowest BCUT2D eigenvalue weighted by Crippen LogP contribution is -2.27. The Labute approximate surface area is 184 Å². The Morgan fingerprint density at radius 1 is 0.967 bits per heavy atom. The van der Waals surface area contributed by atoms with Crippen LogP contribution >= 0.6 is 23.1 Å². The van der Waals surface area contributed by atoms with Crippen molar-refractivity contribution in [3.63, 3.8) is 0 Å². The molecule has 0 aliphatic heterocycles. The molecule has 0 unspecified atom stereocenters. The van der Waals surface area contributed by atoms with Gasteiger partial charge in [0.25, 0.3) is 0 Å². The van der Waals surface area contributed by atoms with Gasteiger partial charge in [-0.1, -0.05) is 78.5 Å². The summed E-state index contributed by atoms with van der Waals surface area (Å²) in [6, 6.07) is 24.3. The first-order valence-corrected chi connectivity index (χ1v) is 11.5. The zero-order valence-corrected chi connectivity index (χ0v) is 18.3. The number of rotatable bonds is 8. The van der Waals surface area contributed by atoms with E-state index in [4.69, 9.17) is 0 Å². The van der Waals surface area contributed by atoms with Gasteiger partial charge in [-0.3, -0.25) is 9.36 Å². The van der Waals surface area contributed by atoms with Crippen molar-refractivity contribution in [2.75, 3.05) is 12.8 Å². The van der Waals surface area contributed by atoms with Crippen molar-refractivity contribution in [2.45, 2.75) is 18.2 Å². The zero-order valence-electron chi connectivity index (χ0n) is 16.6. The summed E-state index contributed by atoms with van der Waals surface area (Å²) < 4.78 is 2.09. The van der Waals surface area contributed by atoms with E-state index in [1.807, 2.05) is 73.1 Å². The number of amides is 1. The van der Waals surface area contributed by atoms with Gasteiger partial charge < -0.3 is 4.90 Å². The van der Waals surface area contributed by atoms with Gasteiger partial charge in [0.1, 0.15) is 0 Å². The van der Waals surface area contributed by atoms with Crippen molar-refractivity contribution in [1.82, 2.24) is 19.7 Å². The first kappa shape index (κ1) is 20.4. The third kappa shape index (κ3) is 4.98. The van der Waals surface area contributed by atoms with Crippen molar-refractivity contribution in [3.8, 4) is 10.7 Å². The molecule has 0 spiro atoms. The van der Waals surface area contributed by atoms with Crippen LogP contribution < -0.4 is 0 Å². The second-order valence-corrected chi connectivity index (χ2v) is 8.77. The summed E-state index contributed by atoms with van der Waals surface area (Å²) in [5.41, 5.74) is 2.29. The summed E-state index contributed by atoms with van der Waals surface area (Å²) in [7, 11) is 1.83. The molecule has 2 heterocycles. The van der Waals surface area contributed by atoms with Gasteiger partial charge in [-0.25, -0.2) is 0 Å². The van der Waals surface area contributed by atoms with Crippen LogP contribution in [-0.4, -0.2) is 38.4 Å². The Kier molecular flexibility index (Phi) is 6.61. The average Bonchev–Trinajstić information content (AvgIpc) is 3.43. The van der Waals surface area contributed by atoms with Crippen LogP contribution in [0.4, 0.5) is 0 Å². The third-order valence-electron chi connectivity index (χ3n) is 4.65. The molecule has 4 aromatic rings. The summed E-state index contributed by atoms with van der Waals surface area (Å²) in [4.78, 5) is 15.5. The first-order valence-electron chi connectivity index (χ1n) is 9.62. The van der Waals surface area contributed by atoms with Crippen LogP contribution in [-0.2, 0) is 17.9 Å². The van der Waals surface area contributed by atoms with E-state index in [9.17, 15) is 4.79 Å². The lowest BCUT2D eigenvalue weighted by Gasteiger charge is -2.17. The molecule has 0 aliphatic carbocycles. The minimum Gasteiger partial charge on any atom is -0.341 e. The molecule has 4 rings (SSSR count). The van der Waals surface area contributed by atoms with E-state index in [-0.39, 0.29) is 5.91 Å². The largest absolute Gasteiger partial charge is 0.341 e. The molecule has 0 N–H and O–H groups in total. The van der Waals surface area contributed by atoms with E-state index in [0.717, 1.165) is 21.4 Å². The average molecular weight is 435 g/mol. The smallest absolute Gasteiger partial charge is 0.233 e. The summed E-state index contributed by atoms with van der Waals surface area (Å²) in [6.45, 7) is 1.26. The fraction of sp³-hybridized carbons (Fsp3) is 0.174. The van der Waals surface area contributed by atoms with Crippen molar-refractivity contribution in [1.29, 1.82) is 0 Å². The van der Waals surface area contributed by atoms with Gasteiger partial charge in [0.15, 0.2) is 11.0 Å². The van der Waals surface area contributed by atoms with E-state index in [2.05, 4.69) is 26.9 Å². The van der Waals surface area contributed by atoms with Gasteiger partial charge in [-0.05, 0) is 22.6 Å². The second-order valence-electron chi connectivity index (χ2n) is 6.88. The van der Waals surface area contributed by atoms with E-state index in [1.54, 1.807) is 16.2 Å². The van der Waals surface area contributed by atoms with Crippen molar-refractivity contribution in [2.24, 2.45) is 0 Å². The highest BCUT2D eigenvalue weighted by Crippen LogP contribution is 2.28. The fourth-order valence-electron chi connectivity index (χ4n) is 3.07. The maximum absolute atomic E-state index is 12.7. The van der Waals surface area contributed by atoms with Gasteiger partial charge in [-0.15, -0.1) is 21.5 Å². The van der Waals surface area contributed by atoms with Gasteiger partial charge in [-0.2, -0.15) is 0 Å². The summed E-state index contributed by atoms with van der Waals surface area (Å²) in [5.74, 6) is 1.22. The molecule has 0 radical (unpaired) electrons. The van der Waals surface area contributed by atoms with Crippen LogP contribution in [0.15, 0.2) is 83.3 Å². The van der Waals surface area contributed by atoms with Crippen LogP contribution in [0.5, 0.6) is 0 Å². The Morgan fingerprint density at radius 3 is 2.33 bits per heavy atom. The van der Waals surface area contributed by atoms with E-state index in [0.29, 0.717) is 18.8 Å². The number of hydrogen-bond acceptors (Lipinski definition) is 5. The number of carbonyl (C=O) groups excluding carboxylic acids is 1. The van der Waals surface area contributed by atoms with Gasteiger partial charge in [0.2, 0.25) is 5.91 Å². The molecule has 152 valence electrons. The van der Waals surface area contributed by atoms with E-state index < -0.39 is 0 Å². The molecule has 0 bridgehead atoms. The molecule has 30 heavy (non-hydrogen) atoms. The Balaban J connectivity index is 1.48. The molecular formula is C23H22N4OS2. The first-order chi connectivity index (χ1) is 14.7. The minimum absolute atomic E-state index is 0.0655. The predicted octanol–water partition coefficient (Wildman–Crippen LogP) is 4.81. The molecule has 2 aromatic heterocycles. The van der Waals surface area contributed by atoms with Crippen LogP contribution in [0.3, 0.4) is 0 Å². The predicted molar refractivity (Wildman–Crippen MR) is 123 cm³/mol. The molecule has 7 heteroatoms. The maximum Gasteiger partial charge on any atom is 0.233 e. The Hall–Kier alpha value is -2.90. The van der Waals surface area contributed by atoms with Gasteiger partial charge in [0, 0.05) is 13.6 Å². The van der Waals surface area contributed by atoms with Crippen LogP contribution in [0.25, 0.3) is 10.7 Å². The van der Waals surface area contributed by atoms with Gasteiger partial charge in [0.05, 0.1) is 17.2 Å². The number of nitrogens with zero attached hydrogens (tertiary/aromatic N) is 4. The molecule has 0 fully saturated rings. The zero-order chi connectivity index (χ0) is 20.8. The van der Waals surface area contributed by atoms with Crippen LogP contribution in [0, 0.1) is 0 Å². The monoisotopic (exact) mass is 434 g/mol. The third-order valence-corrected chi connectivity index (χ3v) is 6.47. The molecule has 2 aromatic carbocycles. The topological polar surface area (TPSA) is 51.0 Å². The van der Waals surface area contributed by atoms with Gasteiger partial charge >= 0.3 is 0 Å². The normalized spacial score (nSPS) is 10.8. The van der Waals surface area contributed by atoms with Crippen LogP contribution in [0.1, 0.15) is 11.1 Å². The summed E-state index contributed by atoms with van der Waals surface area (Å²) >= 11 is 3.07. The Bertz CT molecular complexity index is 1080. The molecule has 0 saturated carbocycles. The molecule has 5 nitrogen and oxygen atoms in total. The number of thiophene rings is 1. The number of thioether (sulfide) groups is 1. The molecule has 0 saturated heterocycles.